The van der Waals surface area contributed by atoms with E-state index in [4.69, 9.17) is 16.3 Å². The number of halogens is 4. The lowest BCUT2D eigenvalue weighted by Gasteiger charge is -2.44. The van der Waals surface area contributed by atoms with Crippen molar-refractivity contribution in [2.75, 3.05) is 114 Å². The van der Waals surface area contributed by atoms with Crippen molar-refractivity contribution in [1.82, 2.24) is 24.3 Å². The summed E-state index contributed by atoms with van der Waals surface area (Å²) in [6, 6.07) is 28.6. The van der Waals surface area contributed by atoms with E-state index in [0.29, 0.717) is 43.9 Å². The number of hydrogen-bond acceptors (Lipinski definition) is 12. The zero-order valence-corrected chi connectivity index (χ0v) is 45.6. The van der Waals surface area contributed by atoms with E-state index in [1.807, 2.05) is 59.5 Å². The Kier molecular flexibility index (Phi) is 19.4. The smallest absolute Gasteiger partial charge is 0.380 e. The lowest BCUT2D eigenvalue weighted by Crippen LogP contribution is -2.51. The Labute approximate surface area is 448 Å². The van der Waals surface area contributed by atoms with Crippen LogP contribution in [-0.4, -0.2) is 155 Å². The Morgan fingerprint density at radius 3 is 2.19 bits per heavy atom. The second-order valence-corrected chi connectivity index (χ2v) is 24.5. The van der Waals surface area contributed by atoms with Gasteiger partial charge in [0, 0.05) is 129 Å². The molecule has 4 aromatic carbocycles. The summed E-state index contributed by atoms with van der Waals surface area (Å²) in [7, 11) is -5.77. The molecule has 8 rings (SSSR count). The lowest BCUT2D eigenvalue weighted by atomic mass is 9.71. The van der Waals surface area contributed by atoms with Gasteiger partial charge in [-0.3, -0.25) is 29.0 Å². The number of piperazine rings is 2. The summed E-state index contributed by atoms with van der Waals surface area (Å²) in [5, 5.41) is 3.88. The average molecular weight is 1100 g/mol. The SMILES string of the molecule is CCCC(=O)N1CCN(CC2(C)CCC(c3ccc(Cl)cc3)=C(CN3CCN(c4ccc(C(=O)NSc5ccc(N[C@H](CCN6CCOCC6)CSc6ccccc6)c(S(=O)(=O)C(F)(F)F)c5)cc4)CC3)C2)CC1. The largest absolute Gasteiger partial charge is 0.501 e. The normalized spacial score (nSPS) is 20.1. The van der Waals surface area contributed by atoms with Gasteiger partial charge in [-0.15, -0.1) is 11.8 Å². The molecule has 19 heteroatoms. The number of carbonyl (C=O) groups excluding carboxylic acids is 2. The summed E-state index contributed by atoms with van der Waals surface area (Å²) in [5.74, 6) is 0.279. The predicted molar refractivity (Wildman–Crippen MR) is 293 cm³/mol. The molecule has 3 aliphatic heterocycles. The minimum atomic E-state index is -5.77. The summed E-state index contributed by atoms with van der Waals surface area (Å²) in [5.41, 5.74) is -0.122. The molecule has 0 radical (unpaired) electrons. The zero-order chi connectivity index (χ0) is 52.3. The molecular weight excluding hydrogens is 1030 g/mol. The van der Waals surface area contributed by atoms with Gasteiger partial charge in [0.15, 0.2) is 0 Å². The predicted octanol–water partition coefficient (Wildman–Crippen LogP) is 10.1. The third-order valence-electron chi connectivity index (χ3n) is 14.6. The fourth-order valence-corrected chi connectivity index (χ4v) is 13.2. The molecule has 2 amide bonds. The second-order valence-electron chi connectivity index (χ2n) is 20.1. The van der Waals surface area contributed by atoms with Crippen molar-refractivity contribution >= 4 is 73.9 Å². The number of nitrogens with zero attached hydrogens (tertiary/aromatic N) is 5. The van der Waals surface area contributed by atoms with Gasteiger partial charge in [0.25, 0.3) is 15.7 Å². The van der Waals surface area contributed by atoms with Crippen LogP contribution in [0.1, 0.15) is 68.3 Å². The van der Waals surface area contributed by atoms with Crippen LogP contribution in [0.2, 0.25) is 5.02 Å². The van der Waals surface area contributed by atoms with E-state index in [9.17, 15) is 31.2 Å². The minimum absolute atomic E-state index is 0.115. The lowest BCUT2D eigenvalue weighted by molar-refractivity contribution is -0.133. The molecule has 74 heavy (non-hydrogen) atoms. The molecule has 400 valence electrons. The van der Waals surface area contributed by atoms with E-state index < -0.39 is 26.1 Å². The number of carbonyl (C=O) groups is 2. The first-order valence-electron chi connectivity index (χ1n) is 25.8. The molecule has 0 bridgehead atoms. The van der Waals surface area contributed by atoms with Crippen molar-refractivity contribution in [2.24, 2.45) is 5.41 Å². The Morgan fingerprint density at radius 1 is 0.824 bits per heavy atom. The first-order valence-corrected chi connectivity index (χ1v) is 29.4. The number of nitrogens with one attached hydrogen (secondary N) is 2. The molecule has 1 aliphatic carbocycles. The van der Waals surface area contributed by atoms with E-state index in [1.54, 1.807) is 12.1 Å². The Balaban J connectivity index is 0.875. The van der Waals surface area contributed by atoms with Crippen molar-refractivity contribution in [1.29, 1.82) is 0 Å². The van der Waals surface area contributed by atoms with Crippen LogP contribution in [0.25, 0.3) is 5.57 Å². The molecule has 4 aliphatic rings. The highest BCUT2D eigenvalue weighted by Gasteiger charge is 2.48. The van der Waals surface area contributed by atoms with E-state index in [1.165, 1.54) is 40.6 Å². The molecule has 3 saturated heterocycles. The molecule has 0 saturated carbocycles. The van der Waals surface area contributed by atoms with Crippen LogP contribution in [0.3, 0.4) is 0 Å². The van der Waals surface area contributed by atoms with Crippen LogP contribution in [0, 0.1) is 5.41 Å². The summed E-state index contributed by atoms with van der Waals surface area (Å²) >= 11 is 8.63. The maximum absolute atomic E-state index is 14.2. The Hall–Kier alpha value is -4.27. The van der Waals surface area contributed by atoms with Crippen LogP contribution in [0.15, 0.2) is 117 Å². The van der Waals surface area contributed by atoms with Crippen LogP contribution in [0.5, 0.6) is 0 Å². The van der Waals surface area contributed by atoms with Crippen LogP contribution >= 0.6 is 35.3 Å². The van der Waals surface area contributed by atoms with Crippen LogP contribution < -0.4 is 14.9 Å². The maximum Gasteiger partial charge on any atom is 0.501 e. The average Bonchev–Trinajstić information content (AvgIpc) is 3.40. The first-order chi connectivity index (χ1) is 35.6. The van der Waals surface area contributed by atoms with Gasteiger partial charge in [-0.25, -0.2) is 8.42 Å². The minimum Gasteiger partial charge on any atom is -0.380 e. The van der Waals surface area contributed by atoms with Gasteiger partial charge in [0.1, 0.15) is 4.90 Å². The fourth-order valence-electron chi connectivity index (χ4n) is 10.4. The highest BCUT2D eigenvalue weighted by Crippen LogP contribution is 2.44. The number of ether oxygens (including phenoxy) is 1. The van der Waals surface area contributed by atoms with Crippen molar-refractivity contribution in [3.8, 4) is 0 Å². The molecule has 0 spiro atoms. The maximum atomic E-state index is 14.2. The highest BCUT2D eigenvalue weighted by molar-refractivity contribution is 7.99. The van der Waals surface area contributed by atoms with Crippen molar-refractivity contribution in [3.05, 3.63) is 119 Å². The van der Waals surface area contributed by atoms with Gasteiger partial charge < -0.3 is 19.9 Å². The number of anilines is 2. The van der Waals surface area contributed by atoms with E-state index in [-0.39, 0.29) is 27.9 Å². The Morgan fingerprint density at radius 2 is 1.51 bits per heavy atom. The second kappa shape index (κ2) is 25.7. The molecule has 2 N–H and O–H groups in total. The molecule has 2 atom stereocenters. The number of hydrogen-bond donors (Lipinski definition) is 2. The van der Waals surface area contributed by atoms with Gasteiger partial charge in [0.05, 0.1) is 18.9 Å². The van der Waals surface area contributed by atoms with Gasteiger partial charge in [-0.05, 0) is 127 Å². The third-order valence-corrected chi connectivity index (χ3v) is 18.3. The van der Waals surface area contributed by atoms with Crippen LogP contribution in [-0.2, 0) is 19.4 Å². The number of sulfone groups is 1. The topological polar surface area (TPSA) is 118 Å². The van der Waals surface area contributed by atoms with Gasteiger partial charge in [-0.1, -0.05) is 61.4 Å². The summed E-state index contributed by atoms with van der Waals surface area (Å²) in [4.78, 5) is 37.9. The first kappa shape index (κ1) is 55.9. The van der Waals surface area contributed by atoms with Gasteiger partial charge >= 0.3 is 5.51 Å². The van der Waals surface area contributed by atoms with E-state index >= 15 is 0 Å². The molecule has 12 nitrogen and oxygen atoms in total. The quantitative estimate of drug-likeness (QED) is 0.0648. The highest BCUT2D eigenvalue weighted by atomic mass is 35.5. The number of thioether (sulfide) groups is 1. The zero-order valence-electron chi connectivity index (χ0n) is 42.4. The molecule has 4 aromatic rings. The van der Waals surface area contributed by atoms with Crippen molar-refractivity contribution < 1.29 is 35.9 Å². The van der Waals surface area contributed by atoms with E-state index in [2.05, 4.69) is 55.6 Å². The Bertz CT molecular complexity index is 2650. The number of alkyl halides is 3. The number of allylic oxidation sites excluding steroid dienone is 1. The number of benzene rings is 4. The van der Waals surface area contributed by atoms with Gasteiger partial charge in [0.2, 0.25) is 5.91 Å². The number of morpholine rings is 1. The summed E-state index contributed by atoms with van der Waals surface area (Å²) < 4.78 is 77.1. The summed E-state index contributed by atoms with van der Waals surface area (Å²) in [6.45, 7) is 16.4. The van der Waals surface area contributed by atoms with Crippen molar-refractivity contribution in [3.63, 3.8) is 0 Å². The van der Waals surface area contributed by atoms with Crippen LogP contribution in [0.4, 0.5) is 24.5 Å². The molecule has 3 fully saturated rings. The summed E-state index contributed by atoms with van der Waals surface area (Å²) in [6.07, 6.45) is 5.14. The third kappa shape index (κ3) is 15.0. The van der Waals surface area contributed by atoms with E-state index in [0.717, 1.165) is 138 Å². The molecular formula is C55H69ClF3N7O5S3. The fraction of sp³-hybridized carbons (Fsp3) is 0.491. The number of rotatable bonds is 20. The standard InChI is InChI=1S/C55H69ClF3N7O5S3/c1-3-7-52(67)66-30-26-64(27-31-66)40-54(2)22-20-49(41-10-14-44(56)15-11-41)43(37-54)38-63-24-28-65(29-25-63)46-16-12-42(13-17-46)53(68)61-73-48-18-19-50(51(36-48)74(69,70)55(57,58)59)60-45(21-23-62-32-34-71-35-33-62)39-72-47-8-5-4-6-9-47/h4-6,8-19,36,45,60H,3,7,20-35,37-40H2,1-2H3,(H,61,68)/t45-,54?/m1/s1. The van der Waals surface area contributed by atoms with Crippen molar-refractivity contribution in [2.45, 2.75) is 78.6 Å². The molecule has 1 unspecified atom stereocenters. The molecule has 0 aromatic heterocycles. The van der Waals surface area contributed by atoms with Gasteiger partial charge in [-0.2, -0.15) is 13.2 Å². The molecule has 3 heterocycles. The monoisotopic (exact) mass is 1100 g/mol. The number of amides is 2.